The second kappa shape index (κ2) is 13.2. The molecule has 0 aliphatic heterocycles. The highest BCUT2D eigenvalue weighted by atomic mass is 15.0. The Hall–Kier alpha value is -6.97. The number of benzene rings is 8. The van der Waals surface area contributed by atoms with Gasteiger partial charge in [-0.2, -0.15) is 0 Å². The van der Waals surface area contributed by atoms with Gasteiger partial charge in [0.15, 0.2) is 17.5 Å². The van der Waals surface area contributed by atoms with Crippen LogP contribution in [0.25, 0.3) is 89.4 Å². The number of nitrogens with zero attached hydrogens (tertiary/aromatic N) is 3. The molecule has 0 radical (unpaired) electrons. The van der Waals surface area contributed by atoms with Gasteiger partial charge in [0.25, 0.3) is 0 Å². The Morgan fingerprint density at radius 1 is 0.309 bits per heavy atom. The topological polar surface area (TPSA) is 38.7 Å². The number of hydrogen-bond donors (Lipinski definition) is 0. The second-order valence-corrected chi connectivity index (χ2v) is 14.8. The van der Waals surface area contributed by atoms with Crippen LogP contribution in [0.5, 0.6) is 0 Å². The van der Waals surface area contributed by atoms with Crippen LogP contribution < -0.4 is 0 Å². The average Bonchev–Trinajstić information content (AvgIpc) is 3.50. The fourth-order valence-electron chi connectivity index (χ4n) is 8.41. The van der Waals surface area contributed by atoms with Gasteiger partial charge in [0.1, 0.15) is 0 Å². The minimum absolute atomic E-state index is 0.0784. The van der Waals surface area contributed by atoms with Crippen molar-refractivity contribution in [1.29, 1.82) is 0 Å². The van der Waals surface area contributed by atoms with E-state index in [-0.39, 0.29) is 5.41 Å². The summed E-state index contributed by atoms with van der Waals surface area (Å²) in [5.41, 5.74) is 15.1. The number of hydrogen-bond acceptors (Lipinski definition) is 3. The fourth-order valence-corrected chi connectivity index (χ4v) is 8.41. The summed E-state index contributed by atoms with van der Waals surface area (Å²) in [6.07, 6.45) is 0. The Morgan fingerprint density at radius 2 is 0.727 bits per heavy atom. The highest BCUT2D eigenvalue weighted by Gasteiger charge is 2.36. The van der Waals surface area contributed by atoms with E-state index in [2.05, 4.69) is 190 Å². The Morgan fingerprint density at radius 3 is 1.36 bits per heavy atom. The largest absolute Gasteiger partial charge is 0.208 e. The van der Waals surface area contributed by atoms with Crippen molar-refractivity contribution in [3.05, 3.63) is 199 Å². The third-order valence-electron chi connectivity index (χ3n) is 11.2. The summed E-state index contributed by atoms with van der Waals surface area (Å²) in [5, 5.41) is 2.26. The number of fused-ring (bicyclic) bond motifs is 4. The van der Waals surface area contributed by atoms with Crippen molar-refractivity contribution in [3.8, 4) is 78.7 Å². The van der Waals surface area contributed by atoms with E-state index < -0.39 is 0 Å². The van der Waals surface area contributed by atoms with E-state index in [1.807, 2.05) is 12.1 Å². The standard InChI is InChI=1S/C52H37N3/c1-52(2)46-30-10-9-24-45(46)48-43(28-15-31-47(48)52)41-26-13-27-42-40(41)25-14-29-44(42)51-54-49(38-22-11-20-36(32-38)34-16-5-3-6-17-34)53-50(55-51)39-23-12-21-37(33-39)35-18-7-4-8-19-35/h3-33H,1-2H3. The van der Waals surface area contributed by atoms with Crippen LogP contribution in [-0.2, 0) is 5.41 Å². The van der Waals surface area contributed by atoms with Crippen LogP contribution in [0.4, 0.5) is 0 Å². The zero-order valence-electron chi connectivity index (χ0n) is 30.7. The smallest absolute Gasteiger partial charge is 0.164 e. The zero-order valence-corrected chi connectivity index (χ0v) is 30.7. The van der Waals surface area contributed by atoms with Crippen molar-refractivity contribution in [3.63, 3.8) is 0 Å². The molecule has 1 aliphatic rings. The SMILES string of the molecule is CC1(C)c2ccccc2-c2c(-c3cccc4c(-c5nc(-c6cccc(-c7ccccc7)c6)nc(-c6cccc(-c7ccccc7)c6)n5)cccc34)cccc21. The number of rotatable bonds is 6. The predicted octanol–water partition coefficient (Wildman–Crippen LogP) is 13.3. The van der Waals surface area contributed by atoms with E-state index >= 15 is 0 Å². The van der Waals surface area contributed by atoms with Crippen LogP contribution in [0.15, 0.2) is 188 Å². The van der Waals surface area contributed by atoms with Gasteiger partial charge in [-0.05, 0) is 78.5 Å². The maximum absolute atomic E-state index is 5.25. The highest BCUT2D eigenvalue weighted by Crippen LogP contribution is 2.52. The quantitative estimate of drug-likeness (QED) is 0.173. The summed E-state index contributed by atoms with van der Waals surface area (Å²) in [6, 6.07) is 66.6. The minimum Gasteiger partial charge on any atom is -0.208 e. The molecular formula is C52H37N3. The Labute approximate surface area is 321 Å². The maximum Gasteiger partial charge on any atom is 0.164 e. The lowest BCUT2D eigenvalue weighted by Crippen LogP contribution is -2.14. The summed E-state index contributed by atoms with van der Waals surface area (Å²) in [7, 11) is 0. The van der Waals surface area contributed by atoms with Crippen molar-refractivity contribution < 1.29 is 0 Å². The van der Waals surface area contributed by atoms with Gasteiger partial charge >= 0.3 is 0 Å². The summed E-state index contributed by atoms with van der Waals surface area (Å²) < 4.78 is 0. The summed E-state index contributed by atoms with van der Waals surface area (Å²) in [6.45, 7) is 4.67. The van der Waals surface area contributed by atoms with Crippen molar-refractivity contribution in [2.45, 2.75) is 19.3 Å². The first kappa shape index (κ1) is 32.7. The molecule has 8 aromatic carbocycles. The lowest BCUT2D eigenvalue weighted by molar-refractivity contribution is 0.660. The van der Waals surface area contributed by atoms with Gasteiger partial charge in [-0.3, -0.25) is 0 Å². The monoisotopic (exact) mass is 703 g/mol. The third-order valence-corrected chi connectivity index (χ3v) is 11.2. The van der Waals surface area contributed by atoms with Gasteiger partial charge in [0.2, 0.25) is 0 Å². The molecule has 1 aliphatic carbocycles. The van der Waals surface area contributed by atoms with Crippen LogP contribution in [0.1, 0.15) is 25.0 Å². The summed E-state index contributed by atoms with van der Waals surface area (Å²) in [5.74, 6) is 1.91. The second-order valence-electron chi connectivity index (χ2n) is 14.8. The molecule has 0 amide bonds. The molecule has 3 nitrogen and oxygen atoms in total. The predicted molar refractivity (Wildman–Crippen MR) is 228 cm³/mol. The molecule has 0 fully saturated rings. The van der Waals surface area contributed by atoms with E-state index in [0.29, 0.717) is 17.5 Å². The van der Waals surface area contributed by atoms with Crippen molar-refractivity contribution in [1.82, 2.24) is 15.0 Å². The van der Waals surface area contributed by atoms with Crippen LogP contribution in [-0.4, -0.2) is 15.0 Å². The van der Waals surface area contributed by atoms with Gasteiger partial charge in [-0.15, -0.1) is 0 Å². The van der Waals surface area contributed by atoms with Crippen LogP contribution in [0.2, 0.25) is 0 Å². The molecule has 0 saturated carbocycles. The molecule has 1 aromatic heterocycles. The number of aromatic nitrogens is 3. The molecule has 260 valence electrons. The fraction of sp³-hybridized carbons (Fsp3) is 0.0577. The average molecular weight is 704 g/mol. The molecule has 0 unspecified atom stereocenters. The first-order chi connectivity index (χ1) is 27.0. The van der Waals surface area contributed by atoms with Gasteiger partial charge in [-0.1, -0.05) is 190 Å². The van der Waals surface area contributed by atoms with Gasteiger partial charge in [-0.25, -0.2) is 15.0 Å². The summed E-state index contributed by atoms with van der Waals surface area (Å²) in [4.78, 5) is 15.7. The lowest BCUT2D eigenvalue weighted by Gasteiger charge is -2.21. The molecule has 0 saturated heterocycles. The molecule has 0 bridgehead atoms. The van der Waals surface area contributed by atoms with Crippen molar-refractivity contribution >= 4 is 10.8 Å². The van der Waals surface area contributed by atoms with Gasteiger partial charge < -0.3 is 0 Å². The van der Waals surface area contributed by atoms with E-state index in [0.717, 1.165) is 49.7 Å². The van der Waals surface area contributed by atoms with Crippen LogP contribution in [0, 0.1) is 0 Å². The normalized spacial score (nSPS) is 12.7. The molecule has 1 heterocycles. The van der Waals surface area contributed by atoms with E-state index in [1.165, 1.54) is 33.4 Å². The molecule has 9 aromatic rings. The van der Waals surface area contributed by atoms with Gasteiger partial charge in [0, 0.05) is 22.1 Å². The van der Waals surface area contributed by atoms with E-state index in [4.69, 9.17) is 15.0 Å². The van der Waals surface area contributed by atoms with Crippen LogP contribution in [0.3, 0.4) is 0 Å². The molecule has 0 N–H and O–H groups in total. The molecule has 55 heavy (non-hydrogen) atoms. The molecular weight excluding hydrogens is 667 g/mol. The van der Waals surface area contributed by atoms with Crippen molar-refractivity contribution in [2.75, 3.05) is 0 Å². The molecule has 0 spiro atoms. The van der Waals surface area contributed by atoms with E-state index in [1.54, 1.807) is 0 Å². The molecule has 3 heteroatoms. The van der Waals surface area contributed by atoms with Crippen LogP contribution >= 0.6 is 0 Å². The first-order valence-electron chi connectivity index (χ1n) is 18.9. The molecule has 10 rings (SSSR count). The third kappa shape index (κ3) is 5.64. The Kier molecular flexibility index (Phi) is 7.81. The Bertz CT molecular complexity index is 2790. The summed E-state index contributed by atoms with van der Waals surface area (Å²) >= 11 is 0. The first-order valence-corrected chi connectivity index (χ1v) is 18.9. The molecule has 0 atom stereocenters. The zero-order chi connectivity index (χ0) is 36.9. The lowest BCUT2D eigenvalue weighted by atomic mass is 9.82. The van der Waals surface area contributed by atoms with Gasteiger partial charge in [0.05, 0.1) is 0 Å². The maximum atomic E-state index is 5.25. The van der Waals surface area contributed by atoms with Crippen molar-refractivity contribution in [2.24, 2.45) is 0 Å². The Balaban J connectivity index is 1.17. The minimum atomic E-state index is -0.0784. The van der Waals surface area contributed by atoms with E-state index in [9.17, 15) is 0 Å². The highest BCUT2D eigenvalue weighted by molar-refractivity contribution is 6.07.